The Morgan fingerprint density at radius 3 is 2.89 bits per heavy atom. The predicted molar refractivity (Wildman–Crippen MR) is 71.9 cm³/mol. The van der Waals surface area contributed by atoms with E-state index in [4.69, 9.17) is 9.47 Å². The molecule has 1 spiro atoms. The number of Topliss-reactive ketones (excluding diaryl/α,β-unsaturated/α-hetero) is 1. The van der Waals surface area contributed by atoms with Gasteiger partial charge < -0.3 is 9.47 Å². The number of hydrogen-bond acceptors (Lipinski definition) is 4. The molecule has 0 aromatic carbocycles. The van der Waals surface area contributed by atoms with Gasteiger partial charge in [0.25, 0.3) is 0 Å². The van der Waals surface area contributed by atoms with Crippen LogP contribution in [0, 0.1) is 5.92 Å². The summed E-state index contributed by atoms with van der Waals surface area (Å²) < 4.78 is 11.7. The van der Waals surface area contributed by atoms with Gasteiger partial charge in [-0.3, -0.25) is 4.79 Å². The molecule has 0 radical (unpaired) electrons. The lowest BCUT2D eigenvalue weighted by Crippen LogP contribution is -2.44. The Morgan fingerprint density at radius 1 is 1.33 bits per heavy atom. The summed E-state index contributed by atoms with van der Waals surface area (Å²) in [4.78, 5) is 12.5. The lowest BCUT2D eigenvalue weighted by Gasteiger charge is -2.37. The molecule has 0 aromatic rings. The van der Waals surface area contributed by atoms with E-state index in [2.05, 4.69) is 6.92 Å². The van der Waals surface area contributed by atoms with Crippen LogP contribution < -0.4 is 0 Å². The molecule has 3 aliphatic rings. The van der Waals surface area contributed by atoms with Crippen LogP contribution in [-0.2, 0) is 14.3 Å². The number of rotatable bonds is 2. The Kier molecular flexibility index (Phi) is 3.70. The van der Waals surface area contributed by atoms with Crippen molar-refractivity contribution in [2.24, 2.45) is 5.92 Å². The van der Waals surface area contributed by atoms with Crippen molar-refractivity contribution in [1.82, 2.24) is 0 Å². The molecule has 0 amide bonds. The second kappa shape index (κ2) is 5.14. The predicted octanol–water partition coefficient (Wildman–Crippen LogP) is 2.43. The molecule has 4 unspecified atom stereocenters. The highest BCUT2D eigenvalue weighted by Gasteiger charge is 2.44. The normalized spacial score (nSPS) is 44.6. The molecule has 3 heterocycles. The van der Waals surface area contributed by atoms with Crippen LogP contribution in [0.5, 0.6) is 0 Å². The van der Waals surface area contributed by atoms with E-state index < -0.39 is 0 Å². The molecule has 0 aliphatic carbocycles. The first-order valence-electron chi connectivity index (χ1n) is 7.09. The Morgan fingerprint density at radius 2 is 2.22 bits per heavy atom. The van der Waals surface area contributed by atoms with E-state index in [-0.39, 0.29) is 23.7 Å². The summed E-state index contributed by atoms with van der Waals surface area (Å²) in [5.74, 6) is 2.77. The number of ether oxygens (including phenoxy) is 2. The van der Waals surface area contributed by atoms with E-state index in [1.165, 1.54) is 5.75 Å². The van der Waals surface area contributed by atoms with Crippen molar-refractivity contribution < 1.29 is 14.3 Å². The topological polar surface area (TPSA) is 35.5 Å². The quantitative estimate of drug-likeness (QED) is 0.772. The fourth-order valence-corrected chi connectivity index (χ4v) is 4.79. The molecule has 3 rings (SSSR count). The molecule has 0 bridgehead atoms. The minimum Gasteiger partial charge on any atom is -0.374 e. The fraction of sp³-hybridized carbons (Fsp3) is 0.929. The third kappa shape index (κ3) is 2.47. The number of carbonyl (C=O) groups is 1. The maximum absolute atomic E-state index is 12.5. The zero-order chi connectivity index (χ0) is 12.6. The molecule has 0 aromatic heterocycles. The minimum atomic E-state index is -0.130. The molecule has 3 saturated heterocycles. The molecule has 4 heteroatoms. The standard InChI is InChI=1S/C14H22O3S/c1-10-2-3-12(17-10)13(15)11-4-6-16-14(8-11)5-7-18-9-14/h10-12H,2-9H2,1H3. The molecule has 4 atom stereocenters. The van der Waals surface area contributed by atoms with Gasteiger partial charge in [-0.2, -0.15) is 11.8 Å². The van der Waals surface area contributed by atoms with Gasteiger partial charge in [-0.1, -0.05) is 0 Å². The molecular weight excluding hydrogens is 248 g/mol. The molecule has 3 fully saturated rings. The average molecular weight is 270 g/mol. The van der Waals surface area contributed by atoms with Gasteiger partial charge in [0.1, 0.15) is 6.10 Å². The SMILES string of the molecule is CC1CCC(C(=O)C2CCOC3(CCSC3)C2)O1. The van der Waals surface area contributed by atoms with Gasteiger partial charge in [-0.25, -0.2) is 0 Å². The summed E-state index contributed by atoms with van der Waals surface area (Å²) in [5, 5.41) is 0. The van der Waals surface area contributed by atoms with E-state index in [1.807, 2.05) is 11.8 Å². The average Bonchev–Trinajstić information content (AvgIpc) is 2.98. The highest BCUT2D eigenvalue weighted by atomic mass is 32.2. The third-order valence-electron chi connectivity index (χ3n) is 4.51. The van der Waals surface area contributed by atoms with E-state index in [0.717, 1.165) is 44.5 Å². The minimum absolute atomic E-state index is 0.00740. The zero-order valence-corrected chi connectivity index (χ0v) is 11.8. The zero-order valence-electron chi connectivity index (χ0n) is 11.0. The summed E-state index contributed by atoms with van der Waals surface area (Å²) in [5.41, 5.74) is 0.00740. The van der Waals surface area contributed by atoms with Crippen molar-refractivity contribution in [3.63, 3.8) is 0 Å². The van der Waals surface area contributed by atoms with Gasteiger partial charge in [0.15, 0.2) is 5.78 Å². The third-order valence-corrected chi connectivity index (χ3v) is 5.73. The Balaban J connectivity index is 1.63. The van der Waals surface area contributed by atoms with Gasteiger partial charge in [0.2, 0.25) is 0 Å². The second-order valence-corrected chi connectivity index (χ2v) is 7.04. The van der Waals surface area contributed by atoms with Gasteiger partial charge in [-0.05, 0) is 44.8 Å². The largest absolute Gasteiger partial charge is 0.374 e. The van der Waals surface area contributed by atoms with E-state index >= 15 is 0 Å². The van der Waals surface area contributed by atoms with Gasteiger partial charge in [-0.15, -0.1) is 0 Å². The lowest BCUT2D eigenvalue weighted by molar-refractivity contribution is -0.144. The molecule has 18 heavy (non-hydrogen) atoms. The highest BCUT2D eigenvalue weighted by Crippen LogP contribution is 2.41. The first-order valence-corrected chi connectivity index (χ1v) is 8.25. The molecule has 3 aliphatic heterocycles. The summed E-state index contributed by atoms with van der Waals surface area (Å²) in [6.07, 6.45) is 5.00. The van der Waals surface area contributed by atoms with E-state index in [0.29, 0.717) is 5.78 Å². The van der Waals surface area contributed by atoms with Crippen LogP contribution in [0.2, 0.25) is 0 Å². The van der Waals surface area contributed by atoms with Crippen molar-refractivity contribution in [1.29, 1.82) is 0 Å². The van der Waals surface area contributed by atoms with Crippen molar-refractivity contribution in [3.05, 3.63) is 0 Å². The number of thioether (sulfide) groups is 1. The highest BCUT2D eigenvalue weighted by molar-refractivity contribution is 7.99. The first-order chi connectivity index (χ1) is 8.69. The van der Waals surface area contributed by atoms with Crippen LogP contribution in [0.25, 0.3) is 0 Å². The van der Waals surface area contributed by atoms with Crippen molar-refractivity contribution in [2.75, 3.05) is 18.1 Å². The monoisotopic (exact) mass is 270 g/mol. The smallest absolute Gasteiger partial charge is 0.164 e. The Hall–Kier alpha value is -0.0600. The molecular formula is C14H22O3S. The summed E-state index contributed by atoms with van der Waals surface area (Å²) in [7, 11) is 0. The number of hydrogen-bond donors (Lipinski definition) is 0. The van der Waals surface area contributed by atoms with Gasteiger partial charge >= 0.3 is 0 Å². The lowest BCUT2D eigenvalue weighted by atomic mass is 9.81. The second-order valence-electron chi connectivity index (χ2n) is 5.94. The van der Waals surface area contributed by atoms with Crippen LogP contribution in [-0.4, -0.2) is 41.7 Å². The van der Waals surface area contributed by atoms with E-state index in [9.17, 15) is 4.79 Å². The molecule has 102 valence electrons. The molecule has 0 saturated carbocycles. The van der Waals surface area contributed by atoms with Crippen LogP contribution in [0.15, 0.2) is 0 Å². The van der Waals surface area contributed by atoms with Gasteiger partial charge in [0.05, 0.1) is 11.7 Å². The number of ketones is 1. The van der Waals surface area contributed by atoms with E-state index in [1.54, 1.807) is 0 Å². The maximum Gasteiger partial charge on any atom is 0.164 e. The fourth-order valence-electron chi connectivity index (χ4n) is 3.41. The van der Waals surface area contributed by atoms with Crippen molar-refractivity contribution in [3.8, 4) is 0 Å². The Labute approximate surface area is 113 Å². The Bertz CT molecular complexity index is 325. The summed E-state index contributed by atoms with van der Waals surface area (Å²) in [6.45, 7) is 2.81. The van der Waals surface area contributed by atoms with Crippen LogP contribution >= 0.6 is 11.8 Å². The first kappa shape index (κ1) is 12.9. The molecule has 3 nitrogen and oxygen atoms in total. The number of carbonyl (C=O) groups excluding carboxylic acids is 1. The van der Waals surface area contributed by atoms with Crippen LogP contribution in [0.1, 0.15) is 39.0 Å². The van der Waals surface area contributed by atoms with Crippen LogP contribution in [0.3, 0.4) is 0 Å². The maximum atomic E-state index is 12.5. The van der Waals surface area contributed by atoms with Crippen molar-refractivity contribution in [2.45, 2.75) is 56.8 Å². The van der Waals surface area contributed by atoms with Crippen LogP contribution in [0.4, 0.5) is 0 Å². The van der Waals surface area contributed by atoms with Crippen molar-refractivity contribution >= 4 is 17.5 Å². The summed E-state index contributed by atoms with van der Waals surface area (Å²) >= 11 is 1.96. The molecule has 0 N–H and O–H groups in total. The van der Waals surface area contributed by atoms with Gasteiger partial charge in [0, 0.05) is 18.3 Å². The summed E-state index contributed by atoms with van der Waals surface area (Å²) in [6, 6.07) is 0.